The largest absolute Gasteiger partial charge is 0.394 e. The third kappa shape index (κ3) is 1.14. The highest BCUT2D eigenvalue weighted by atomic mass is 16.3. The summed E-state index contributed by atoms with van der Waals surface area (Å²) in [6.45, 7) is 0.148. The molecule has 1 aromatic rings. The quantitative estimate of drug-likeness (QED) is 0.616. The normalized spacial score (nSPS) is 16.8. The fourth-order valence-electron chi connectivity index (χ4n) is 1.07. The van der Waals surface area contributed by atoms with Crippen LogP contribution in [0.2, 0.25) is 0 Å². The summed E-state index contributed by atoms with van der Waals surface area (Å²) in [6, 6.07) is 0.255. The number of tetrazole rings is 1. The van der Waals surface area contributed by atoms with Crippen LogP contribution in [0, 0.1) is 0 Å². The third-order valence-electron chi connectivity index (χ3n) is 1.87. The highest BCUT2D eigenvalue weighted by molar-refractivity contribution is 4.79. The molecule has 0 spiro atoms. The van der Waals surface area contributed by atoms with E-state index < -0.39 is 0 Å². The zero-order valence-electron chi connectivity index (χ0n) is 6.55. The Bertz CT molecular complexity index is 325. The van der Waals surface area contributed by atoms with E-state index in [1.807, 2.05) is 0 Å². The molecule has 0 radical (unpaired) electrons. The van der Waals surface area contributed by atoms with Crippen LogP contribution >= 0.6 is 0 Å². The van der Waals surface area contributed by atoms with Gasteiger partial charge in [0, 0.05) is 0 Å². The first-order chi connectivity index (χ1) is 5.83. The van der Waals surface area contributed by atoms with Gasteiger partial charge in [-0.25, -0.2) is 4.79 Å². The van der Waals surface area contributed by atoms with Crippen LogP contribution in [0.3, 0.4) is 0 Å². The molecule has 12 heavy (non-hydrogen) atoms. The Hall–Kier alpha value is -1.17. The lowest BCUT2D eigenvalue weighted by molar-refractivity contribution is 0.266. The van der Waals surface area contributed by atoms with E-state index in [0.29, 0.717) is 0 Å². The predicted molar refractivity (Wildman–Crippen MR) is 39.6 cm³/mol. The van der Waals surface area contributed by atoms with Crippen molar-refractivity contribution in [2.24, 2.45) is 0 Å². The van der Waals surface area contributed by atoms with Crippen molar-refractivity contribution in [3.63, 3.8) is 0 Å². The van der Waals surface area contributed by atoms with Crippen molar-refractivity contribution >= 4 is 0 Å². The summed E-state index contributed by atoms with van der Waals surface area (Å²) in [5, 5.41) is 15.9. The van der Waals surface area contributed by atoms with Gasteiger partial charge in [0.25, 0.3) is 0 Å². The molecule has 6 heteroatoms. The van der Waals surface area contributed by atoms with Gasteiger partial charge in [-0.3, -0.25) is 0 Å². The van der Waals surface area contributed by atoms with Crippen LogP contribution in [-0.4, -0.2) is 31.5 Å². The maximum absolute atomic E-state index is 11.3. The lowest BCUT2D eigenvalue weighted by atomic mass is 10.7. The Kier molecular flexibility index (Phi) is 1.69. The summed E-state index contributed by atoms with van der Waals surface area (Å²) in [5.41, 5.74) is -0.216. The Balaban J connectivity index is 2.27. The molecule has 6 nitrogen and oxygen atoms in total. The van der Waals surface area contributed by atoms with E-state index in [0.717, 1.165) is 12.8 Å². The molecule has 1 heterocycles. The Morgan fingerprint density at radius 3 is 2.83 bits per heavy atom. The lowest BCUT2D eigenvalue weighted by Gasteiger charge is -1.91. The van der Waals surface area contributed by atoms with Gasteiger partial charge in [-0.2, -0.15) is 9.36 Å². The minimum atomic E-state index is -0.216. The van der Waals surface area contributed by atoms with Gasteiger partial charge < -0.3 is 5.11 Å². The summed E-state index contributed by atoms with van der Waals surface area (Å²) >= 11 is 0. The van der Waals surface area contributed by atoms with E-state index in [-0.39, 0.29) is 24.9 Å². The van der Waals surface area contributed by atoms with Gasteiger partial charge in [0.15, 0.2) is 0 Å². The predicted octanol–water partition coefficient (Wildman–Crippen LogP) is -1.23. The average Bonchev–Trinajstić information content (AvgIpc) is 2.82. The van der Waals surface area contributed by atoms with E-state index >= 15 is 0 Å². The fraction of sp³-hybridized carbons (Fsp3) is 0.833. The average molecular weight is 170 g/mol. The van der Waals surface area contributed by atoms with Gasteiger partial charge in [0.1, 0.15) is 0 Å². The monoisotopic (exact) mass is 170 g/mol. The molecule has 0 bridgehead atoms. The maximum Gasteiger partial charge on any atom is 0.364 e. The Morgan fingerprint density at radius 1 is 1.50 bits per heavy atom. The minimum absolute atomic E-state index is 0.0801. The molecule has 0 atom stereocenters. The second-order valence-electron chi connectivity index (χ2n) is 2.88. The zero-order valence-corrected chi connectivity index (χ0v) is 6.55. The molecule has 0 saturated heterocycles. The smallest absolute Gasteiger partial charge is 0.364 e. The van der Waals surface area contributed by atoms with Crippen molar-refractivity contribution in [2.75, 3.05) is 6.61 Å². The molecular formula is C6H10N4O2. The van der Waals surface area contributed by atoms with Gasteiger partial charge in [0.2, 0.25) is 0 Å². The van der Waals surface area contributed by atoms with Crippen LogP contribution in [0.1, 0.15) is 18.9 Å². The van der Waals surface area contributed by atoms with Crippen molar-refractivity contribution < 1.29 is 5.11 Å². The van der Waals surface area contributed by atoms with Gasteiger partial charge in [-0.15, -0.1) is 0 Å². The highest BCUT2D eigenvalue weighted by Gasteiger charge is 2.27. The number of aromatic nitrogens is 4. The highest BCUT2D eigenvalue weighted by Crippen LogP contribution is 2.32. The van der Waals surface area contributed by atoms with Crippen LogP contribution < -0.4 is 5.69 Å². The summed E-state index contributed by atoms with van der Waals surface area (Å²) in [5.74, 6) is 0. The van der Waals surface area contributed by atoms with E-state index in [2.05, 4.69) is 10.4 Å². The number of nitrogens with zero attached hydrogens (tertiary/aromatic N) is 4. The first-order valence-corrected chi connectivity index (χ1v) is 3.96. The Labute approximate surface area is 68.4 Å². The fourth-order valence-corrected chi connectivity index (χ4v) is 1.07. The molecule has 1 fully saturated rings. The molecule has 1 aliphatic rings. The topological polar surface area (TPSA) is 72.9 Å². The third-order valence-corrected chi connectivity index (χ3v) is 1.87. The van der Waals surface area contributed by atoms with Crippen molar-refractivity contribution in [1.82, 2.24) is 19.8 Å². The molecule has 0 aromatic carbocycles. The molecule has 0 amide bonds. The summed E-state index contributed by atoms with van der Waals surface area (Å²) in [6.07, 6.45) is 2.02. The molecule has 1 saturated carbocycles. The van der Waals surface area contributed by atoms with Crippen LogP contribution in [0.5, 0.6) is 0 Å². The van der Waals surface area contributed by atoms with Gasteiger partial charge in [0.05, 0.1) is 19.2 Å². The summed E-state index contributed by atoms with van der Waals surface area (Å²) in [7, 11) is 0. The number of hydrogen-bond acceptors (Lipinski definition) is 4. The molecule has 66 valence electrons. The van der Waals surface area contributed by atoms with Crippen molar-refractivity contribution in [1.29, 1.82) is 0 Å². The molecule has 1 aromatic heterocycles. The molecule has 2 rings (SSSR count). The van der Waals surface area contributed by atoms with Crippen LogP contribution in [0.25, 0.3) is 0 Å². The molecule has 0 aliphatic heterocycles. The van der Waals surface area contributed by atoms with E-state index in [9.17, 15) is 4.79 Å². The van der Waals surface area contributed by atoms with Crippen molar-refractivity contribution in [2.45, 2.75) is 25.4 Å². The Morgan fingerprint density at radius 2 is 2.25 bits per heavy atom. The molecule has 0 unspecified atom stereocenters. The zero-order chi connectivity index (χ0) is 8.55. The van der Waals surface area contributed by atoms with Crippen LogP contribution in [-0.2, 0) is 6.54 Å². The van der Waals surface area contributed by atoms with E-state index in [1.54, 1.807) is 0 Å². The SMILES string of the molecule is O=c1n(CCO)nnn1C1CC1. The maximum atomic E-state index is 11.3. The number of rotatable bonds is 3. The van der Waals surface area contributed by atoms with Crippen LogP contribution in [0.15, 0.2) is 4.79 Å². The van der Waals surface area contributed by atoms with Gasteiger partial charge >= 0.3 is 5.69 Å². The number of aliphatic hydroxyl groups is 1. The van der Waals surface area contributed by atoms with E-state index in [1.165, 1.54) is 9.36 Å². The molecule has 1 aliphatic carbocycles. The second-order valence-corrected chi connectivity index (χ2v) is 2.88. The number of hydrogen-bond donors (Lipinski definition) is 1. The molecule has 1 N–H and O–H groups in total. The van der Waals surface area contributed by atoms with Crippen LogP contribution in [0.4, 0.5) is 0 Å². The standard InChI is InChI=1S/C6H10N4O2/c11-4-3-9-6(12)10(8-7-9)5-1-2-5/h5,11H,1-4H2. The second kappa shape index (κ2) is 2.71. The van der Waals surface area contributed by atoms with Gasteiger partial charge in [-0.1, -0.05) is 0 Å². The van der Waals surface area contributed by atoms with Gasteiger partial charge in [-0.05, 0) is 23.3 Å². The summed E-state index contributed by atoms with van der Waals surface area (Å²) < 4.78 is 2.56. The first-order valence-electron chi connectivity index (χ1n) is 3.96. The molecular weight excluding hydrogens is 160 g/mol. The number of aliphatic hydroxyl groups excluding tert-OH is 1. The van der Waals surface area contributed by atoms with Crippen molar-refractivity contribution in [3.05, 3.63) is 10.5 Å². The minimum Gasteiger partial charge on any atom is -0.394 e. The van der Waals surface area contributed by atoms with E-state index in [4.69, 9.17) is 5.11 Å². The lowest BCUT2D eigenvalue weighted by Crippen LogP contribution is -2.25. The van der Waals surface area contributed by atoms with Crippen molar-refractivity contribution in [3.8, 4) is 0 Å². The first kappa shape index (κ1) is 7.48. The summed E-state index contributed by atoms with van der Waals surface area (Å²) in [4.78, 5) is 11.3.